The van der Waals surface area contributed by atoms with E-state index in [0.717, 1.165) is 29.5 Å². The third-order valence-corrected chi connectivity index (χ3v) is 4.13. The number of hydrogen-bond donors (Lipinski definition) is 1. The Bertz CT molecular complexity index is 389. The first kappa shape index (κ1) is 12.6. The zero-order chi connectivity index (χ0) is 12.3. The molecular weight excluding hydrogens is 232 g/mol. The highest BCUT2D eigenvalue weighted by Crippen LogP contribution is 2.23. The smallest absolute Gasteiger partial charge is 0.226 e. The second kappa shape index (κ2) is 5.63. The number of aromatic nitrogens is 1. The summed E-state index contributed by atoms with van der Waals surface area (Å²) in [4.78, 5) is 16.2. The molecule has 1 N–H and O–H groups in total. The van der Waals surface area contributed by atoms with E-state index in [1.807, 2.05) is 12.3 Å². The molecule has 0 bridgehead atoms. The molecule has 0 spiro atoms. The molecule has 1 aromatic heterocycles. The van der Waals surface area contributed by atoms with Gasteiger partial charge in [-0.3, -0.25) is 4.79 Å². The lowest BCUT2D eigenvalue weighted by Gasteiger charge is -2.27. The second-order valence-corrected chi connectivity index (χ2v) is 6.13. The Morgan fingerprint density at radius 1 is 1.59 bits per heavy atom. The number of nitrogens with zero attached hydrogens (tertiary/aromatic N) is 1. The number of carbonyl (C=O) groups excluding carboxylic acids is 1. The normalized spacial score (nSPS) is 24.6. The first-order valence-corrected chi connectivity index (χ1v) is 7.22. The lowest BCUT2D eigenvalue weighted by molar-refractivity contribution is -0.121. The summed E-state index contributed by atoms with van der Waals surface area (Å²) in [5.41, 5.74) is 0.897. The van der Waals surface area contributed by atoms with Crippen LogP contribution < -0.4 is 5.32 Å². The van der Waals surface area contributed by atoms with Crippen molar-refractivity contribution in [2.75, 3.05) is 0 Å². The summed E-state index contributed by atoms with van der Waals surface area (Å²) in [6.45, 7) is 4.23. The number of rotatable bonds is 3. The molecule has 0 aromatic carbocycles. The Morgan fingerprint density at radius 3 is 3.06 bits per heavy atom. The lowest BCUT2D eigenvalue weighted by atomic mass is 9.87. The topological polar surface area (TPSA) is 42.0 Å². The largest absolute Gasteiger partial charge is 0.353 e. The Hall–Kier alpha value is -0.900. The molecule has 1 heterocycles. The second-order valence-electron chi connectivity index (χ2n) is 5.07. The number of hydrogen-bond acceptors (Lipinski definition) is 3. The van der Waals surface area contributed by atoms with Crippen LogP contribution >= 0.6 is 11.3 Å². The van der Waals surface area contributed by atoms with Gasteiger partial charge in [0.1, 0.15) is 0 Å². The number of carbonyl (C=O) groups is 1. The van der Waals surface area contributed by atoms with Gasteiger partial charge in [-0.2, -0.15) is 0 Å². The van der Waals surface area contributed by atoms with Gasteiger partial charge in [-0.1, -0.05) is 19.8 Å². The molecule has 94 valence electrons. The van der Waals surface area contributed by atoms with E-state index in [1.54, 1.807) is 11.3 Å². The molecule has 1 aliphatic carbocycles. The van der Waals surface area contributed by atoms with E-state index in [2.05, 4.69) is 17.2 Å². The molecular formula is C13H20N2OS. The van der Waals surface area contributed by atoms with Crippen LogP contribution in [0, 0.1) is 12.8 Å². The van der Waals surface area contributed by atoms with Crippen molar-refractivity contribution in [3.05, 3.63) is 16.1 Å². The molecule has 1 saturated carbocycles. The van der Waals surface area contributed by atoms with Gasteiger partial charge in [0.05, 0.1) is 17.1 Å². The van der Waals surface area contributed by atoms with Crippen LogP contribution in [0.2, 0.25) is 0 Å². The Labute approximate surface area is 107 Å². The number of thiazole rings is 1. The maximum atomic E-state index is 11.9. The van der Waals surface area contributed by atoms with Gasteiger partial charge in [0.15, 0.2) is 0 Å². The first-order chi connectivity index (χ1) is 8.13. The van der Waals surface area contributed by atoms with Crippen LogP contribution in [0.1, 0.15) is 43.3 Å². The summed E-state index contributed by atoms with van der Waals surface area (Å²) >= 11 is 1.60. The van der Waals surface area contributed by atoms with E-state index in [4.69, 9.17) is 0 Å². The lowest BCUT2D eigenvalue weighted by Crippen LogP contribution is -2.38. The van der Waals surface area contributed by atoms with Gasteiger partial charge >= 0.3 is 0 Å². The van der Waals surface area contributed by atoms with Gasteiger partial charge in [0.25, 0.3) is 0 Å². The summed E-state index contributed by atoms with van der Waals surface area (Å²) in [6, 6.07) is 0.381. The monoisotopic (exact) mass is 252 g/mol. The van der Waals surface area contributed by atoms with Crippen molar-refractivity contribution in [1.82, 2.24) is 10.3 Å². The zero-order valence-electron chi connectivity index (χ0n) is 10.5. The maximum Gasteiger partial charge on any atom is 0.226 e. The third-order valence-electron chi connectivity index (χ3n) is 3.31. The Morgan fingerprint density at radius 2 is 2.41 bits per heavy atom. The van der Waals surface area contributed by atoms with Gasteiger partial charge in [-0.25, -0.2) is 4.98 Å². The predicted molar refractivity (Wildman–Crippen MR) is 70.1 cm³/mol. The van der Waals surface area contributed by atoms with Crippen LogP contribution in [0.15, 0.2) is 5.38 Å². The molecule has 1 aromatic rings. The zero-order valence-corrected chi connectivity index (χ0v) is 11.3. The molecule has 3 nitrogen and oxygen atoms in total. The number of nitrogens with one attached hydrogen (secondary N) is 1. The summed E-state index contributed by atoms with van der Waals surface area (Å²) < 4.78 is 0. The number of aryl methyl sites for hydroxylation is 1. The van der Waals surface area contributed by atoms with Crippen LogP contribution in [0.5, 0.6) is 0 Å². The molecule has 1 amide bonds. The van der Waals surface area contributed by atoms with Crippen molar-refractivity contribution in [2.24, 2.45) is 5.92 Å². The fourth-order valence-electron chi connectivity index (χ4n) is 2.50. The van der Waals surface area contributed by atoms with Crippen LogP contribution in [0.3, 0.4) is 0 Å². The average molecular weight is 252 g/mol. The highest BCUT2D eigenvalue weighted by molar-refractivity contribution is 7.09. The van der Waals surface area contributed by atoms with E-state index in [9.17, 15) is 4.79 Å². The molecule has 1 fully saturated rings. The Kier molecular flexibility index (Phi) is 4.15. The van der Waals surface area contributed by atoms with E-state index in [0.29, 0.717) is 12.5 Å². The minimum absolute atomic E-state index is 0.120. The molecule has 0 saturated heterocycles. The summed E-state index contributed by atoms with van der Waals surface area (Å²) in [5, 5.41) is 6.13. The fraction of sp³-hybridized carbons (Fsp3) is 0.692. The summed E-state index contributed by atoms with van der Waals surface area (Å²) in [7, 11) is 0. The van der Waals surface area contributed by atoms with Crippen LogP contribution in [0.25, 0.3) is 0 Å². The molecule has 0 aliphatic heterocycles. The van der Waals surface area contributed by atoms with Gasteiger partial charge in [-0.05, 0) is 25.7 Å². The van der Waals surface area contributed by atoms with Gasteiger partial charge in [0, 0.05) is 11.4 Å². The number of amides is 1. The molecule has 2 rings (SSSR count). The maximum absolute atomic E-state index is 11.9. The van der Waals surface area contributed by atoms with Crippen LogP contribution in [-0.4, -0.2) is 16.9 Å². The summed E-state index contributed by atoms with van der Waals surface area (Å²) in [5.74, 6) is 0.866. The van der Waals surface area contributed by atoms with E-state index < -0.39 is 0 Å². The predicted octanol–water partition coefficient (Wildman–Crippen LogP) is 2.69. The van der Waals surface area contributed by atoms with E-state index in [-0.39, 0.29) is 5.91 Å². The van der Waals surface area contributed by atoms with Gasteiger partial charge in [-0.15, -0.1) is 11.3 Å². The molecule has 2 unspecified atom stereocenters. The van der Waals surface area contributed by atoms with E-state index in [1.165, 1.54) is 12.8 Å². The van der Waals surface area contributed by atoms with Crippen molar-refractivity contribution in [3.8, 4) is 0 Å². The highest BCUT2D eigenvalue weighted by Gasteiger charge is 2.20. The fourth-order valence-corrected chi connectivity index (χ4v) is 3.11. The molecule has 1 aliphatic rings. The highest BCUT2D eigenvalue weighted by atomic mass is 32.1. The van der Waals surface area contributed by atoms with Crippen molar-refractivity contribution < 1.29 is 4.79 Å². The van der Waals surface area contributed by atoms with Crippen molar-refractivity contribution in [3.63, 3.8) is 0 Å². The van der Waals surface area contributed by atoms with Crippen molar-refractivity contribution >= 4 is 17.2 Å². The van der Waals surface area contributed by atoms with Gasteiger partial charge in [0.2, 0.25) is 5.91 Å². The van der Waals surface area contributed by atoms with Crippen molar-refractivity contribution in [2.45, 2.75) is 52.0 Å². The van der Waals surface area contributed by atoms with Crippen molar-refractivity contribution in [1.29, 1.82) is 0 Å². The van der Waals surface area contributed by atoms with E-state index >= 15 is 0 Å². The molecule has 2 atom stereocenters. The van der Waals surface area contributed by atoms with Crippen LogP contribution in [-0.2, 0) is 11.2 Å². The standard InChI is InChI=1S/C13H20N2OS/c1-9-4-3-5-11(6-9)15-13(16)7-12-8-17-10(2)14-12/h8-9,11H,3-7H2,1-2H3,(H,15,16). The summed E-state index contributed by atoms with van der Waals surface area (Å²) in [6.07, 6.45) is 5.23. The quantitative estimate of drug-likeness (QED) is 0.898. The Balaban J connectivity index is 1.80. The molecule has 4 heteroatoms. The van der Waals surface area contributed by atoms with Gasteiger partial charge < -0.3 is 5.32 Å². The molecule has 17 heavy (non-hydrogen) atoms. The first-order valence-electron chi connectivity index (χ1n) is 6.34. The molecule has 0 radical (unpaired) electrons. The average Bonchev–Trinajstić information content (AvgIpc) is 2.63. The minimum Gasteiger partial charge on any atom is -0.353 e. The SMILES string of the molecule is Cc1nc(CC(=O)NC2CCCC(C)C2)cs1. The third kappa shape index (κ3) is 3.80. The minimum atomic E-state index is 0.120. The van der Waals surface area contributed by atoms with Crippen LogP contribution in [0.4, 0.5) is 0 Å².